The van der Waals surface area contributed by atoms with Crippen molar-refractivity contribution in [3.05, 3.63) is 95.4 Å². The van der Waals surface area contributed by atoms with Crippen molar-refractivity contribution in [2.75, 3.05) is 0 Å². The molecule has 0 saturated carbocycles. The lowest BCUT2D eigenvalue weighted by molar-refractivity contribution is -0.106. The van der Waals surface area contributed by atoms with Gasteiger partial charge in [-0.3, -0.25) is 4.98 Å². The Morgan fingerprint density at radius 3 is 2.26 bits per heavy atom. The number of allylic oxidation sites excluding steroid dienone is 1. The van der Waals surface area contributed by atoms with Gasteiger partial charge in [-0.1, -0.05) is 77.1 Å². The summed E-state index contributed by atoms with van der Waals surface area (Å²) in [5.74, 6) is -0.205. The molecule has 2 aromatic carbocycles. The zero-order chi connectivity index (χ0) is 26.6. The van der Waals surface area contributed by atoms with Crippen molar-refractivity contribution in [3.8, 4) is 17.3 Å². The summed E-state index contributed by atoms with van der Waals surface area (Å²) >= 11 is 0. The highest BCUT2D eigenvalue weighted by atomic mass is 19.1. The number of hydrogen-bond acceptors (Lipinski definition) is 3. The topological polar surface area (TPSA) is 53.8 Å². The fourth-order valence-electron chi connectivity index (χ4n) is 3.19. The van der Waals surface area contributed by atoms with Crippen molar-refractivity contribution < 1.29 is 9.18 Å². The van der Waals surface area contributed by atoms with Gasteiger partial charge in [0.1, 0.15) is 12.1 Å². The van der Waals surface area contributed by atoms with Crippen LogP contribution in [0.5, 0.6) is 0 Å². The third-order valence-corrected chi connectivity index (χ3v) is 4.53. The van der Waals surface area contributed by atoms with E-state index in [1.165, 1.54) is 19.4 Å². The largest absolute Gasteiger partial charge is 0.304 e. The summed E-state index contributed by atoms with van der Waals surface area (Å²) in [6, 6.07) is 20.4. The van der Waals surface area contributed by atoms with Crippen molar-refractivity contribution in [3.63, 3.8) is 0 Å². The maximum absolute atomic E-state index is 13.3. The summed E-state index contributed by atoms with van der Waals surface area (Å²) < 4.78 is 13.3. The molecule has 4 heteroatoms. The Kier molecular flexibility index (Phi) is 16.9. The van der Waals surface area contributed by atoms with Gasteiger partial charge in [0.15, 0.2) is 0 Å². The van der Waals surface area contributed by atoms with Crippen LogP contribution >= 0.6 is 0 Å². The van der Waals surface area contributed by atoms with E-state index in [0.717, 1.165) is 59.2 Å². The first kappa shape index (κ1) is 31.4. The molecule has 0 fully saturated rings. The van der Waals surface area contributed by atoms with Crippen LogP contribution in [0, 0.1) is 17.1 Å². The van der Waals surface area contributed by atoms with Gasteiger partial charge in [-0.15, -0.1) is 0 Å². The maximum Gasteiger partial charge on any atom is 0.123 e. The Hall–Kier alpha value is -3.58. The molecule has 0 aliphatic heterocycles. The number of carbonyl (C=O) groups is 1. The molecule has 0 aliphatic carbocycles. The van der Waals surface area contributed by atoms with E-state index < -0.39 is 0 Å². The van der Waals surface area contributed by atoms with Crippen LogP contribution < -0.4 is 0 Å². The summed E-state index contributed by atoms with van der Waals surface area (Å²) in [5.41, 5.74) is 6.18. The molecule has 186 valence electrons. The molecule has 0 unspecified atom stereocenters. The Morgan fingerprint density at radius 2 is 1.69 bits per heavy atom. The van der Waals surface area contributed by atoms with Crippen molar-refractivity contribution in [1.29, 1.82) is 5.26 Å². The first-order chi connectivity index (χ1) is 16.9. The number of aryl methyl sites for hydroxylation is 2. The van der Waals surface area contributed by atoms with E-state index >= 15 is 0 Å². The number of aldehydes is 1. The van der Waals surface area contributed by atoms with Crippen LogP contribution in [0.3, 0.4) is 0 Å². The normalized spacial score (nSPS) is 9.09. The third kappa shape index (κ3) is 11.4. The molecule has 3 aromatic rings. The lowest BCUT2D eigenvalue weighted by Crippen LogP contribution is -2.00. The molecular formula is C31H39FN2O. The number of aromatic nitrogens is 1. The van der Waals surface area contributed by atoms with Gasteiger partial charge >= 0.3 is 0 Å². The third-order valence-electron chi connectivity index (χ3n) is 4.53. The maximum atomic E-state index is 13.3. The number of benzene rings is 2. The molecule has 0 N–H and O–H groups in total. The van der Waals surface area contributed by atoms with Crippen molar-refractivity contribution in [1.82, 2.24) is 4.98 Å². The van der Waals surface area contributed by atoms with Gasteiger partial charge in [0.2, 0.25) is 0 Å². The van der Waals surface area contributed by atoms with E-state index in [4.69, 9.17) is 9.78 Å². The minimum Gasteiger partial charge on any atom is -0.304 e. The lowest BCUT2D eigenvalue weighted by Gasteiger charge is -2.12. The SMILES string of the molecule is C=C(C)c1ccc(-c2ccccc2C#N)nc1CCCc1cccc(F)c1.CC.CC=O.CCC. The van der Waals surface area contributed by atoms with Crippen LogP contribution in [-0.2, 0) is 17.6 Å². The van der Waals surface area contributed by atoms with Gasteiger partial charge in [0, 0.05) is 11.3 Å². The summed E-state index contributed by atoms with van der Waals surface area (Å²) in [6.07, 6.45) is 4.41. The number of carbonyl (C=O) groups excluding carboxylic acids is 1. The number of pyridine rings is 1. The van der Waals surface area contributed by atoms with Crippen LogP contribution in [-0.4, -0.2) is 11.3 Å². The second-order valence-electron chi connectivity index (χ2n) is 7.55. The van der Waals surface area contributed by atoms with Gasteiger partial charge in [-0.2, -0.15) is 5.26 Å². The number of halogens is 1. The predicted octanol–water partition coefficient (Wildman–Crippen LogP) is 8.62. The molecule has 3 rings (SSSR count). The zero-order valence-electron chi connectivity index (χ0n) is 22.1. The quantitative estimate of drug-likeness (QED) is 0.336. The summed E-state index contributed by atoms with van der Waals surface area (Å²) in [5, 5.41) is 9.36. The van der Waals surface area contributed by atoms with E-state index in [1.807, 2.05) is 57.2 Å². The minimum absolute atomic E-state index is 0.205. The van der Waals surface area contributed by atoms with Gasteiger partial charge in [0.25, 0.3) is 0 Å². The number of hydrogen-bond donors (Lipinski definition) is 0. The van der Waals surface area contributed by atoms with Crippen LogP contribution in [0.25, 0.3) is 16.8 Å². The fourth-order valence-corrected chi connectivity index (χ4v) is 3.19. The highest BCUT2D eigenvalue weighted by Gasteiger charge is 2.11. The average molecular weight is 475 g/mol. The smallest absolute Gasteiger partial charge is 0.123 e. The van der Waals surface area contributed by atoms with Crippen LogP contribution in [0.2, 0.25) is 0 Å². The summed E-state index contributed by atoms with van der Waals surface area (Å²) in [4.78, 5) is 13.6. The standard InChI is InChI=1S/C24H21FN2.C3H8.C2H4O.C2H6/c1-17(2)21-13-14-24(22-11-4-3-9-19(22)16-26)27-23(21)12-6-8-18-7-5-10-20(25)15-18;1-3-2;1-2-3;1-2/h3-5,7,9-11,13-15H,1,6,8,12H2,2H3;3H2,1-2H3;2H,1H3;1-2H3. The summed E-state index contributed by atoms with van der Waals surface area (Å²) in [7, 11) is 0. The molecule has 0 atom stereocenters. The van der Waals surface area contributed by atoms with Gasteiger partial charge < -0.3 is 4.79 Å². The molecule has 3 nitrogen and oxygen atoms in total. The predicted molar refractivity (Wildman–Crippen MR) is 147 cm³/mol. The fraction of sp³-hybridized carbons (Fsp3) is 0.323. The molecule has 0 saturated heterocycles. The molecule has 1 heterocycles. The number of rotatable bonds is 6. The Morgan fingerprint density at radius 1 is 1.06 bits per heavy atom. The molecule has 1 aromatic heterocycles. The van der Waals surface area contributed by atoms with Crippen LogP contribution in [0.1, 0.15) is 76.8 Å². The molecule has 35 heavy (non-hydrogen) atoms. The van der Waals surface area contributed by atoms with Crippen molar-refractivity contribution in [2.45, 2.75) is 67.2 Å². The first-order valence-corrected chi connectivity index (χ1v) is 12.2. The Balaban J connectivity index is 0.00000129. The average Bonchev–Trinajstić information content (AvgIpc) is 2.86. The highest BCUT2D eigenvalue weighted by Crippen LogP contribution is 2.26. The van der Waals surface area contributed by atoms with Crippen LogP contribution in [0.15, 0.2) is 67.2 Å². The molecule has 0 bridgehead atoms. The van der Waals surface area contributed by atoms with Crippen molar-refractivity contribution in [2.24, 2.45) is 0 Å². The van der Waals surface area contributed by atoms with Crippen molar-refractivity contribution >= 4 is 11.9 Å². The summed E-state index contributed by atoms with van der Waals surface area (Å²) in [6.45, 7) is 15.7. The van der Waals surface area contributed by atoms with E-state index in [9.17, 15) is 9.65 Å². The van der Waals surface area contributed by atoms with Crippen LogP contribution in [0.4, 0.5) is 4.39 Å². The van der Waals surface area contributed by atoms with Gasteiger partial charge in [0.05, 0.1) is 17.3 Å². The van der Waals surface area contributed by atoms with Gasteiger partial charge in [-0.25, -0.2) is 4.39 Å². The second-order valence-corrected chi connectivity index (χ2v) is 7.55. The first-order valence-electron chi connectivity index (χ1n) is 12.2. The zero-order valence-corrected chi connectivity index (χ0v) is 22.1. The lowest BCUT2D eigenvalue weighted by atomic mass is 9.98. The Bertz CT molecular complexity index is 1080. The minimum atomic E-state index is -0.205. The molecular weight excluding hydrogens is 435 g/mol. The molecule has 0 radical (unpaired) electrons. The number of nitriles is 1. The highest BCUT2D eigenvalue weighted by molar-refractivity contribution is 5.70. The molecule has 0 aliphatic rings. The molecule has 0 spiro atoms. The Labute approximate surface area is 211 Å². The molecule has 0 amide bonds. The number of nitrogens with zero attached hydrogens (tertiary/aromatic N) is 2. The van der Waals surface area contributed by atoms with Gasteiger partial charge in [-0.05, 0) is 74.1 Å². The van der Waals surface area contributed by atoms with E-state index in [1.54, 1.807) is 18.2 Å². The second kappa shape index (κ2) is 18.8. The van der Waals surface area contributed by atoms with E-state index in [0.29, 0.717) is 5.56 Å². The monoisotopic (exact) mass is 474 g/mol. The van der Waals surface area contributed by atoms with E-state index in [2.05, 4.69) is 26.5 Å². The van der Waals surface area contributed by atoms with E-state index in [-0.39, 0.29) is 5.82 Å².